The lowest BCUT2D eigenvalue weighted by Gasteiger charge is -2.33. The van der Waals surface area contributed by atoms with Crippen LogP contribution < -0.4 is 19.5 Å². The van der Waals surface area contributed by atoms with E-state index in [1.54, 1.807) is 24.8 Å². The Morgan fingerprint density at radius 2 is 1.26 bits per heavy atom. The van der Waals surface area contributed by atoms with Crippen LogP contribution in [0.15, 0.2) is 91.5 Å². The Bertz CT molecular complexity index is 1510. The molecule has 246 valence electrons. The maximum Gasteiger partial charge on any atom is 0.292 e. The van der Waals surface area contributed by atoms with Gasteiger partial charge in [0.1, 0.15) is 0 Å². The van der Waals surface area contributed by atoms with E-state index in [1.165, 1.54) is 44.6 Å². The minimum Gasteiger partial charge on any atom is -0.493 e. The van der Waals surface area contributed by atoms with Gasteiger partial charge < -0.3 is 24.4 Å². The van der Waals surface area contributed by atoms with Crippen LogP contribution in [-0.4, -0.2) is 66.4 Å². The van der Waals surface area contributed by atoms with E-state index < -0.39 is 11.7 Å². The van der Waals surface area contributed by atoms with Gasteiger partial charge >= 0.3 is 0 Å². The van der Waals surface area contributed by atoms with E-state index in [-0.39, 0.29) is 35.6 Å². The highest BCUT2D eigenvalue weighted by molar-refractivity contribution is 6.43. The number of aryl methyl sites for hydroxylation is 2. The van der Waals surface area contributed by atoms with Crippen molar-refractivity contribution >= 4 is 17.6 Å². The predicted molar refractivity (Wildman–Crippen MR) is 179 cm³/mol. The minimum atomic E-state index is -0.904. The molecule has 2 aromatic heterocycles. The highest BCUT2D eigenvalue weighted by Gasteiger charge is 2.26. The van der Waals surface area contributed by atoms with Crippen LogP contribution in [-0.2, 0) is 29.0 Å². The van der Waals surface area contributed by atoms with Crippen molar-refractivity contribution in [2.75, 3.05) is 27.9 Å². The summed E-state index contributed by atoms with van der Waals surface area (Å²) in [6.07, 6.45) is 12.1. The molecule has 4 aromatic rings. The molecule has 2 heterocycles. The number of ether oxygens (including phenoxy) is 3. The summed E-state index contributed by atoms with van der Waals surface area (Å²) in [4.78, 5) is 50.2. The monoisotopic (exact) mass is 638 g/mol. The maximum atomic E-state index is 13.9. The molecule has 0 radical (unpaired) electrons. The van der Waals surface area contributed by atoms with Crippen molar-refractivity contribution in [1.82, 2.24) is 20.2 Å². The third kappa shape index (κ3) is 10.1. The Kier molecular flexibility index (Phi) is 13.3. The van der Waals surface area contributed by atoms with Crippen LogP contribution in [0.3, 0.4) is 0 Å². The molecule has 10 nitrogen and oxygen atoms in total. The Morgan fingerprint density at radius 3 is 1.74 bits per heavy atom. The van der Waals surface area contributed by atoms with Gasteiger partial charge in [-0.1, -0.05) is 30.3 Å². The van der Waals surface area contributed by atoms with Gasteiger partial charge in [0.2, 0.25) is 17.4 Å². The maximum absolute atomic E-state index is 13.9. The summed E-state index contributed by atoms with van der Waals surface area (Å²) in [6.45, 7) is 0.0542. The number of benzene rings is 2. The standard InChI is InChI=1S/C37H42N4O6/c1-45-32-23-30(24-33(46-2)36(32)47-3)35(43)37(44)40-25-34(42)41(26-29-9-5-4-6-10-29)31(13-7-11-27-15-19-38-20-16-27)14-8-12-28-17-21-39-22-18-28/h4-6,9-10,15-24,31H,7-8,11-14,25-26H2,1-3H3,(H,40,44). The van der Waals surface area contributed by atoms with Crippen molar-refractivity contribution < 1.29 is 28.6 Å². The number of pyridine rings is 2. The summed E-state index contributed by atoms with van der Waals surface area (Å²) in [5, 5.41) is 2.56. The van der Waals surface area contributed by atoms with E-state index in [1.807, 2.05) is 59.5 Å². The molecule has 0 spiro atoms. The number of rotatable bonds is 18. The molecule has 4 rings (SSSR count). The topological polar surface area (TPSA) is 120 Å². The molecule has 2 amide bonds. The summed E-state index contributed by atoms with van der Waals surface area (Å²) in [6, 6.07) is 20.5. The second-order valence-corrected chi connectivity index (χ2v) is 11.1. The molecule has 0 aliphatic heterocycles. The molecule has 0 aliphatic rings. The van der Waals surface area contributed by atoms with E-state index in [0.29, 0.717) is 12.3 Å². The number of nitrogens with zero attached hydrogens (tertiary/aromatic N) is 3. The molecule has 47 heavy (non-hydrogen) atoms. The minimum absolute atomic E-state index is 0.0516. The average Bonchev–Trinajstić information content (AvgIpc) is 3.12. The summed E-state index contributed by atoms with van der Waals surface area (Å²) >= 11 is 0. The predicted octanol–water partition coefficient (Wildman–Crippen LogP) is 5.24. The quantitative estimate of drug-likeness (QED) is 0.116. The number of carbonyl (C=O) groups is 3. The fourth-order valence-electron chi connectivity index (χ4n) is 5.52. The number of nitrogens with one attached hydrogen (secondary N) is 1. The molecule has 2 aromatic carbocycles. The third-order valence-electron chi connectivity index (χ3n) is 7.99. The number of hydrogen-bond acceptors (Lipinski definition) is 8. The van der Waals surface area contributed by atoms with Crippen molar-refractivity contribution in [3.05, 3.63) is 114 Å². The van der Waals surface area contributed by atoms with Gasteiger partial charge in [-0.25, -0.2) is 0 Å². The first kappa shape index (κ1) is 34.6. The largest absolute Gasteiger partial charge is 0.493 e. The molecule has 1 N–H and O–H groups in total. The van der Waals surface area contributed by atoms with Crippen LogP contribution >= 0.6 is 0 Å². The van der Waals surface area contributed by atoms with Gasteiger partial charge in [0.25, 0.3) is 5.91 Å². The number of ketones is 1. The van der Waals surface area contributed by atoms with Crippen LogP contribution in [0.1, 0.15) is 52.7 Å². The molecule has 10 heteroatoms. The number of Topliss-reactive ketones (excluding diaryl/α,β-unsaturated/α-hetero) is 1. The SMILES string of the molecule is COc1cc(C(=O)C(=O)NCC(=O)N(Cc2ccccc2)C(CCCc2ccncc2)CCCc2ccncc2)cc(OC)c1OC. The summed E-state index contributed by atoms with van der Waals surface area (Å²) in [7, 11) is 4.30. The molecule has 0 saturated carbocycles. The number of hydrogen-bond donors (Lipinski definition) is 1. The normalized spacial score (nSPS) is 10.7. The highest BCUT2D eigenvalue weighted by Crippen LogP contribution is 2.38. The number of amides is 2. The van der Waals surface area contributed by atoms with E-state index in [2.05, 4.69) is 15.3 Å². The molecule has 0 aliphatic carbocycles. The Morgan fingerprint density at radius 1 is 0.723 bits per heavy atom. The fourth-order valence-corrected chi connectivity index (χ4v) is 5.52. The summed E-state index contributed by atoms with van der Waals surface area (Å²) in [5.41, 5.74) is 3.41. The zero-order valence-corrected chi connectivity index (χ0v) is 27.2. The molecular formula is C37H42N4O6. The molecule has 0 bridgehead atoms. The molecular weight excluding hydrogens is 596 g/mol. The fraction of sp³-hybridized carbons (Fsp3) is 0.324. The van der Waals surface area contributed by atoms with Crippen molar-refractivity contribution in [2.45, 2.75) is 51.1 Å². The number of carbonyl (C=O) groups excluding carboxylic acids is 3. The highest BCUT2D eigenvalue weighted by atomic mass is 16.5. The summed E-state index contributed by atoms with van der Waals surface area (Å²) < 4.78 is 16.0. The van der Waals surface area contributed by atoms with E-state index in [4.69, 9.17) is 14.2 Å². The molecule has 0 unspecified atom stereocenters. The first-order valence-electron chi connectivity index (χ1n) is 15.7. The smallest absolute Gasteiger partial charge is 0.292 e. The third-order valence-corrected chi connectivity index (χ3v) is 7.99. The Balaban J connectivity index is 1.50. The zero-order valence-electron chi connectivity index (χ0n) is 27.2. The molecule has 0 saturated heterocycles. The van der Waals surface area contributed by atoms with E-state index >= 15 is 0 Å². The van der Waals surface area contributed by atoms with E-state index in [9.17, 15) is 14.4 Å². The zero-order chi connectivity index (χ0) is 33.4. The molecule has 0 atom stereocenters. The first-order valence-corrected chi connectivity index (χ1v) is 15.7. The number of aromatic nitrogens is 2. The van der Waals surface area contributed by atoms with Crippen LogP contribution in [0, 0.1) is 0 Å². The summed E-state index contributed by atoms with van der Waals surface area (Å²) in [5.74, 6) is -1.20. The van der Waals surface area contributed by atoms with Crippen molar-refractivity contribution in [1.29, 1.82) is 0 Å². The van der Waals surface area contributed by atoms with Crippen LogP contribution in [0.2, 0.25) is 0 Å². The van der Waals surface area contributed by atoms with Gasteiger partial charge in [0.15, 0.2) is 11.5 Å². The average molecular weight is 639 g/mol. The van der Waals surface area contributed by atoms with Crippen molar-refractivity contribution in [3.8, 4) is 17.2 Å². The van der Waals surface area contributed by atoms with Gasteiger partial charge in [0.05, 0.1) is 27.9 Å². The van der Waals surface area contributed by atoms with Crippen molar-refractivity contribution in [2.24, 2.45) is 0 Å². The Labute approximate surface area is 276 Å². The lowest BCUT2D eigenvalue weighted by atomic mass is 9.97. The first-order chi connectivity index (χ1) is 22.9. The van der Waals surface area contributed by atoms with Gasteiger partial charge in [-0.15, -0.1) is 0 Å². The van der Waals surface area contributed by atoms with Gasteiger partial charge in [-0.2, -0.15) is 0 Å². The van der Waals surface area contributed by atoms with Crippen LogP contribution in [0.25, 0.3) is 0 Å². The van der Waals surface area contributed by atoms with Gasteiger partial charge in [-0.3, -0.25) is 24.4 Å². The van der Waals surface area contributed by atoms with E-state index in [0.717, 1.165) is 44.1 Å². The lowest BCUT2D eigenvalue weighted by molar-refractivity contribution is -0.135. The van der Waals surface area contributed by atoms with Crippen molar-refractivity contribution in [3.63, 3.8) is 0 Å². The number of methoxy groups -OCH3 is 3. The second kappa shape index (κ2) is 18.0. The van der Waals surface area contributed by atoms with Crippen LogP contribution in [0.4, 0.5) is 0 Å². The lowest BCUT2D eigenvalue weighted by Crippen LogP contribution is -2.46. The Hall–Kier alpha value is -5.25. The van der Waals surface area contributed by atoms with Gasteiger partial charge in [-0.05, 0) is 91.6 Å². The molecule has 0 fully saturated rings. The van der Waals surface area contributed by atoms with Crippen LogP contribution in [0.5, 0.6) is 17.2 Å². The van der Waals surface area contributed by atoms with Gasteiger partial charge in [0, 0.05) is 42.9 Å². The second-order valence-electron chi connectivity index (χ2n) is 11.1.